The molecule has 2 aromatic rings. The van der Waals surface area contributed by atoms with E-state index in [-0.39, 0.29) is 22.9 Å². The summed E-state index contributed by atoms with van der Waals surface area (Å²) in [5.74, 6) is -0.945. The van der Waals surface area contributed by atoms with Crippen LogP contribution < -0.4 is 0 Å². The zero-order valence-electron chi connectivity index (χ0n) is 10.4. The molecule has 0 spiro atoms. The first-order valence-electron chi connectivity index (χ1n) is 5.85. The quantitative estimate of drug-likeness (QED) is 0.387. The maximum atomic E-state index is 12.1. The van der Waals surface area contributed by atoms with Gasteiger partial charge in [0.15, 0.2) is 11.5 Å². The predicted octanol–water partition coefficient (Wildman–Crippen LogP) is 2.89. The summed E-state index contributed by atoms with van der Waals surface area (Å²) in [6.45, 7) is 0. The van der Waals surface area contributed by atoms with Crippen molar-refractivity contribution in [3.63, 3.8) is 0 Å². The van der Waals surface area contributed by atoms with Crippen LogP contribution in [-0.4, -0.2) is 16.0 Å². The molecule has 0 bridgehead atoms. The van der Waals surface area contributed by atoms with E-state index in [9.17, 15) is 15.0 Å². The summed E-state index contributed by atoms with van der Waals surface area (Å²) in [6.07, 6.45) is 1.37. The van der Waals surface area contributed by atoms with Crippen molar-refractivity contribution < 1.29 is 15.0 Å². The molecule has 0 saturated heterocycles. The van der Waals surface area contributed by atoms with Crippen LogP contribution in [0.5, 0.6) is 11.5 Å². The summed E-state index contributed by atoms with van der Waals surface area (Å²) in [7, 11) is 0. The van der Waals surface area contributed by atoms with Crippen LogP contribution in [-0.2, 0) is 0 Å². The Kier molecular flexibility index (Phi) is 3.82. The van der Waals surface area contributed by atoms with Gasteiger partial charge < -0.3 is 10.2 Å². The number of Topliss-reactive ketones (excluding diaryl/α,β-unsaturated/α-hetero) is 1. The molecule has 0 heterocycles. The van der Waals surface area contributed by atoms with E-state index in [0.717, 1.165) is 0 Å². The molecule has 98 valence electrons. The summed E-state index contributed by atoms with van der Waals surface area (Å²) in [4.78, 5) is 12.1. The minimum Gasteiger partial charge on any atom is -0.504 e. The largest absolute Gasteiger partial charge is 0.504 e. The van der Waals surface area contributed by atoms with Crippen LogP contribution in [0.4, 0.5) is 0 Å². The SMILES string of the molecule is N#C/C(=C/c1ccc(O)c(O)c1)C(=O)c1ccccc1. The topological polar surface area (TPSA) is 81.3 Å². The smallest absolute Gasteiger partial charge is 0.203 e. The molecular formula is C16H11NO3. The summed E-state index contributed by atoms with van der Waals surface area (Å²) >= 11 is 0. The first-order valence-corrected chi connectivity index (χ1v) is 5.85. The van der Waals surface area contributed by atoms with Gasteiger partial charge in [-0.1, -0.05) is 36.4 Å². The van der Waals surface area contributed by atoms with Gasteiger partial charge in [0.2, 0.25) is 5.78 Å². The number of allylic oxidation sites excluding steroid dienone is 1. The number of nitriles is 1. The van der Waals surface area contributed by atoms with Crippen molar-refractivity contribution in [2.45, 2.75) is 0 Å². The van der Waals surface area contributed by atoms with Gasteiger partial charge >= 0.3 is 0 Å². The van der Waals surface area contributed by atoms with Gasteiger partial charge in [-0.25, -0.2) is 0 Å². The number of nitrogens with zero attached hydrogens (tertiary/aromatic N) is 1. The third-order valence-corrected chi connectivity index (χ3v) is 2.71. The summed E-state index contributed by atoms with van der Waals surface area (Å²) < 4.78 is 0. The molecule has 0 radical (unpaired) electrons. The standard InChI is InChI=1S/C16H11NO3/c17-10-13(16(20)12-4-2-1-3-5-12)8-11-6-7-14(18)15(19)9-11/h1-9,18-19H/b13-8-. The Morgan fingerprint density at radius 2 is 1.75 bits per heavy atom. The monoisotopic (exact) mass is 265 g/mol. The molecule has 0 aromatic heterocycles. The second-order valence-electron chi connectivity index (χ2n) is 4.11. The molecule has 2 rings (SSSR count). The van der Waals surface area contributed by atoms with Gasteiger partial charge in [-0.3, -0.25) is 4.79 Å². The molecule has 0 fully saturated rings. The van der Waals surface area contributed by atoms with E-state index in [0.29, 0.717) is 11.1 Å². The maximum Gasteiger partial charge on any atom is 0.203 e. The molecule has 0 unspecified atom stereocenters. The number of ketones is 1. The average Bonchev–Trinajstić information content (AvgIpc) is 2.48. The highest BCUT2D eigenvalue weighted by Gasteiger charge is 2.11. The van der Waals surface area contributed by atoms with Gasteiger partial charge in [0, 0.05) is 5.56 Å². The summed E-state index contributed by atoms with van der Waals surface area (Å²) in [5, 5.41) is 27.7. The number of phenols is 2. The number of phenolic OH excluding ortho intramolecular Hbond substituents is 2. The second kappa shape index (κ2) is 5.72. The van der Waals surface area contributed by atoms with Crippen LogP contribution >= 0.6 is 0 Å². The summed E-state index contributed by atoms with van der Waals surface area (Å²) in [5.41, 5.74) is 0.839. The van der Waals surface area contributed by atoms with E-state index in [1.807, 2.05) is 6.07 Å². The first-order chi connectivity index (χ1) is 9.61. The van der Waals surface area contributed by atoms with Crippen LogP contribution in [0.3, 0.4) is 0 Å². The minimum absolute atomic E-state index is 0.0405. The zero-order chi connectivity index (χ0) is 14.5. The lowest BCUT2D eigenvalue weighted by atomic mass is 10.0. The van der Waals surface area contributed by atoms with Crippen LogP contribution in [0.25, 0.3) is 6.08 Å². The molecule has 2 N–H and O–H groups in total. The number of benzene rings is 2. The van der Waals surface area contributed by atoms with Gasteiger partial charge in [-0.15, -0.1) is 0 Å². The molecule has 0 aliphatic heterocycles. The lowest BCUT2D eigenvalue weighted by Gasteiger charge is -2.01. The fourth-order valence-corrected chi connectivity index (χ4v) is 1.69. The Labute approximate surface area is 115 Å². The van der Waals surface area contributed by atoms with Crippen molar-refractivity contribution >= 4 is 11.9 Å². The highest BCUT2D eigenvalue weighted by Crippen LogP contribution is 2.26. The lowest BCUT2D eigenvalue weighted by Crippen LogP contribution is -2.01. The highest BCUT2D eigenvalue weighted by molar-refractivity contribution is 6.14. The summed E-state index contributed by atoms with van der Waals surface area (Å²) in [6, 6.07) is 14.4. The van der Waals surface area contributed by atoms with Crippen molar-refractivity contribution in [3.8, 4) is 17.6 Å². The molecular weight excluding hydrogens is 254 g/mol. The van der Waals surface area contributed by atoms with Gasteiger partial charge in [0.25, 0.3) is 0 Å². The highest BCUT2D eigenvalue weighted by atomic mass is 16.3. The minimum atomic E-state index is -0.388. The van der Waals surface area contributed by atoms with Gasteiger partial charge in [-0.2, -0.15) is 5.26 Å². The number of hydrogen-bond donors (Lipinski definition) is 2. The average molecular weight is 265 g/mol. The molecule has 0 atom stereocenters. The van der Waals surface area contributed by atoms with E-state index < -0.39 is 0 Å². The Hall–Kier alpha value is -3.06. The van der Waals surface area contributed by atoms with Crippen LogP contribution in [0, 0.1) is 11.3 Å². The molecule has 0 amide bonds. The van der Waals surface area contributed by atoms with E-state index in [1.54, 1.807) is 30.3 Å². The number of aromatic hydroxyl groups is 2. The molecule has 0 saturated carbocycles. The fourth-order valence-electron chi connectivity index (χ4n) is 1.69. The van der Waals surface area contributed by atoms with Gasteiger partial charge in [-0.05, 0) is 23.8 Å². The van der Waals surface area contributed by atoms with Crippen molar-refractivity contribution in [2.24, 2.45) is 0 Å². The molecule has 2 aromatic carbocycles. The van der Waals surface area contributed by atoms with Crippen molar-refractivity contribution in [2.75, 3.05) is 0 Å². The maximum absolute atomic E-state index is 12.1. The number of carbonyl (C=O) groups excluding carboxylic acids is 1. The number of hydrogen-bond acceptors (Lipinski definition) is 4. The molecule has 4 nitrogen and oxygen atoms in total. The van der Waals surface area contributed by atoms with Crippen LogP contribution in [0.15, 0.2) is 54.1 Å². The van der Waals surface area contributed by atoms with E-state index >= 15 is 0 Å². The van der Waals surface area contributed by atoms with E-state index in [1.165, 1.54) is 24.3 Å². The first kappa shape index (κ1) is 13.4. The van der Waals surface area contributed by atoms with Crippen LogP contribution in [0.1, 0.15) is 15.9 Å². The molecule has 20 heavy (non-hydrogen) atoms. The second-order valence-corrected chi connectivity index (χ2v) is 4.11. The third-order valence-electron chi connectivity index (χ3n) is 2.71. The Morgan fingerprint density at radius 1 is 1.05 bits per heavy atom. The number of carbonyl (C=O) groups is 1. The number of rotatable bonds is 3. The van der Waals surface area contributed by atoms with Gasteiger partial charge in [0.05, 0.1) is 0 Å². The zero-order valence-corrected chi connectivity index (χ0v) is 10.4. The van der Waals surface area contributed by atoms with Crippen LogP contribution in [0.2, 0.25) is 0 Å². The molecule has 0 aliphatic carbocycles. The van der Waals surface area contributed by atoms with E-state index in [4.69, 9.17) is 5.26 Å². The van der Waals surface area contributed by atoms with Crippen molar-refractivity contribution in [3.05, 3.63) is 65.2 Å². The predicted molar refractivity (Wildman–Crippen MR) is 74.1 cm³/mol. The van der Waals surface area contributed by atoms with Crippen molar-refractivity contribution in [1.29, 1.82) is 5.26 Å². The fraction of sp³-hybridized carbons (Fsp3) is 0. The Balaban J connectivity index is 2.37. The normalized spacial score (nSPS) is 10.8. The van der Waals surface area contributed by atoms with Gasteiger partial charge in [0.1, 0.15) is 11.6 Å². The Morgan fingerprint density at radius 3 is 2.35 bits per heavy atom. The lowest BCUT2D eigenvalue weighted by molar-refractivity contribution is 0.104. The molecule has 0 aliphatic rings. The molecule has 4 heteroatoms. The Bertz CT molecular complexity index is 712. The van der Waals surface area contributed by atoms with E-state index in [2.05, 4.69) is 0 Å². The third kappa shape index (κ3) is 2.85. The van der Waals surface area contributed by atoms with Crippen molar-refractivity contribution in [1.82, 2.24) is 0 Å².